The largest absolute Gasteiger partial charge is 0.261 e. The highest BCUT2D eigenvalue weighted by Crippen LogP contribution is 2.22. The molecule has 0 aliphatic heterocycles. The molecule has 0 N–H and O–H groups in total. The predicted molar refractivity (Wildman–Crippen MR) is 127 cm³/mol. The van der Waals surface area contributed by atoms with Crippen LogP contribution in [0, 0.1) is 0 Å². The standard InChI is InChI=1S/C28H26N2/c1-5-13-24(14-6-1)21-27(26-17-9-3-10-18-26)22-29-30(28-19-11-4-12-20-28)23-25-15-7-2-8-16-25/h1-20,22,27H,21,23H2/b29-22+. The topological polar surface area (TPSA) is 15.6 Å². The summed E-state index contributed by atoms with van der Waals surface area (Å²) in [6.07, 6.45) is 3.01. The fourth-order valence-electron chi connectivity index (χ4n) is 3.54. The van der Waals surface area contributed by atoms with E-state index in [9.17, 15) is 0 Å². The van der Waals surface area contributed by atoms with E-state index in [0.717, 1.165) is 18.7 Å². The molecule has 30 heavy (non-hydrogen) atoms. The van der Waals surface area contributed by atoms with Gasteiger partial charge in [-0.2, -0.15) is 5.10 Å². The SMILES string of the molecule is C(=N\N(Cc1ccccc1)c1ccccc1)/C(Cc1ccccc1)c1ccccc1. The van der Waals surface area contributed by atoms with Crippen LogP contribution in [0.2, 0.25) is 0 Å². The van der Waals surface area contributed by atoms with E-state index in [2.05, 4.69) is 120 Å². The van der Waals surface area contributed by atoms with Crippen LogP contribution in [0.4, 0.5) is 5.69 Å². The van der Waals surface area contributed by atoms with Crippen LogP contribution in [0.3, 0.4) is 0 Å². The Labute approximate surface area is 179 Å². The summed E-state index contributed by atoms with van der Waals surface area (Å²) in [5.41, 5.74) is 4.91. The smallest absolute Gasteiger partial charge is 0.0666 e. The number of rotatable bonds is 8. The fraction of sp³-hybridized carbons (Fsp3) is 0.107. The summed E-state index contributed by atoms with van der Waals surface area (Å²) in [6, 6.07) is 42.1. The lowest BCUT2D eigenvalue weighted by molar-refractivity contribution is 0.831. The molecule has 0 aliphatic rings. The molecule has 4 rings (SSSR count). The van der Waals surface area contributed by atoms with Crippen molar-refractivity contribution in [1.29, 1.82) is 0 Å². The zero-order chi connectivity index (χ0) is 20.4. The molecule has 1 atom stereocenters. The molecule has 0 aromatic heterocycles. The summed E-state index contributed by atoms with van der Waals surface area (Å²) in [6.45, 7) is 0.730. The average Bonchev–Trinajstić information content (AvgIpc) is 2.83. The maximum Gasteiger partial charge on any atom is 0.0666 e. The van der Waals surface area contributed by atoms with Crippen LogP contribution in [0.1, 0.15) is 22.6 Å². The third-order valence-corrected chi connectivity index (χ3v) is 5.14. The molecular formula is C28H26N2. The number of anilines is 1. The van der Waals surface area contributed by atoms with Crippen molar-refractivity contribution in [1.82, 2.24) is 0 Å². The lowest BCUT2D eigenvalue weighted by Gasteiger charge is -2.21. The third kappa shape index (κ3) is 5.45. The fourth-order valence-corrected chi connectivity index (χ4v) is 3.54. The molecule has 0 saturated carbocycles. The van der Waals surface area contributed by atoms with Gasteiger partial charge >= 0.3 is 0 Å². The van der Waals surface area contributed by atoms with Crippen LogP contribution in [0.25, 0.3) is 0 Å². The summed E-state index contributed by atoms with van der Waals surface area (Å²) >= 11 is 0. The van der Waals surface area contributed by atoms with E-state index in [1.165, 1.54) is 16.7 Å². The Morgan fingerprint density at radius 1 is 0.600 bits per heavy atom. The molecule has 0 bridgehead atoms. The predicted octanol–water partition coefficient (Wildman–Crippen LogP) is 6.71. The van der Waals surface area contributed by atoms with Crippen molar-refractivity contribution in [3.8, 4) is 0 Å². The summed E-state index contributed by atoms with van der Waals surface area (Å²) in [5.74, 6) is 0.204. The zero-order valence-electron chi connectivity index (χ0n) is 17.0. The molecule has 0 fully saturated rings. The van der Waals surface area contributed by atoms with Gasteiger partial charge in [-0.25, -0.2) is 0 Å². The molecule has 1 unspecified atom stereocenters. The molecule has 148 valence electrons. The first kappa shape index (κ1) is 19.7. The molecule has 0 heterocycles. The van der Waals surface area contributed by atoms with Crippen LogP contribution in [-0.2, 0) is 13.0 Å². The van der Waals surface area contributed by atoms with Crippen molar-refractivity contribution in [2.75, 3.05) is 5.01 Å². The van der Waals surface area contributed by atoms with Crippen molar-refractivity contribution < 1.29 is 0 Å². The van der Waals surface area contributed by atoms with Crippen LogP contribution in [-0.4, -0.2) is 6.21 Å². The number of benzene rings is 4. The third-order valence-electron chi connectivity index (χ3n) is 5.14. The maximum absolute atomic E-state index is 4.97. The Kier molecular flexibility index (Phi) is 6.70. The molecule has 2 nitrogen and oxygen atoms in total. The van der Waals surface area contributed by atoms with E-state index in [4.69, 9.17) is 5.10 Å². The van der Waals surface area contributed by atoms with E-state index in [-0.39, 0.29) is 5.92 Å². The van der Waals surface area contributed by atoms with Gasteiger partial charge < -0.3 is 0 Å². The second-order valence-corrected chi connectivity index (χ2v) is 7.35. The summed E-state index contributed by atoms with van der Waals surface area (Å²) in [5, 5.41) is 7.05. The quantitative estimate of drug-likeness (QED) is 0.241. The van der Waals surface area contributed by atoms with Gasteiger partial charge in [-0.05, 0) is 35.2 Å². The minimum atomic E-state index is 0.204. The van der Waals surface area contributed by atoms with Crippen LogP contribution in [0.15, 0.2) is 126 Å². The van der Waals surface area contributed by atoms with Crippen molar-refractivity contribution in [3.63, 3.8) is 0 Å². The molecule has 0 aliphatic carbocycles. The van der Waals surface area contributed by atoms with E-state index in [0.29, 0.717) is 0 Å². The summed E-state index contributed by atoms with van der Waals surface area (Å²) in [7, 11) is 0. The van der Waals surface area contributed by atoms with Crippen molar-refractivity contribution in [3.05, 3.63) is 138 Å². The number of para-hydroxylation sites is 1. The average molecular weight is 391 g/mol. The van der Waals surface area contributed by atoms with Gasteiger partial charge in [0.2, 0.25) is 0 Å². The summed E-state index contributed by atoms with van der Waals surface area (Å²) < 4.78 is 0. The zero-order valence-corrected chi connectivity index (χ0v) is 17.0. The molecule has 4 aromatic rings. The highest BCUT2D eigenvalue weighted by atomic mass is 15.4. The highest BCUT2D eigenvalue weighted by molar-refractivity contribution is 5.70. The Morgan fingerprint density at radius 2 is 1.10 bits per heavy atom. The minimum absolute atomic E-state index is 0.204. The Hall–Kier alpha value is -3.65. The Morgan fingerprint density at radius 3 is 1.70 bits per heavy atom. The number of nitrogens with zero attached hydrogens (tertiary/aromatic N) is 2. The van der Waals surface area contributed by atoms with Gasteiger partial charge in [-0.15, -0.1) is 0 Å². The van der Waals surface area contributed by atoms with Gasteiger partial charge in [-0.3, -0.25) is 5.01 Å². The van der Waals surface area contributed by atoms with E-state index < -0.39 is 0 Å². The van der Waals surface area contributed by atoms with E-state index in [1.807, 2.05) is 12.1 Å². The Balaban J connectivity index is 1.63. The normalized spacial score (nSPS) is 12.0. The number of hydrazone groups is 1. The van der Waals surface area contributed by atoms with Gasteiger partial charge in [0, 0.05) is 12.1 Å². The second-order valence-electron chi connectivity index (χ2n) is 7.35. The monoisotopic (exact) mass is 390 g/mol. The molecule has 0 saturated heterocycles. The highest BCUT2D eigenvalue weighted by Gasteiger charge is 2.12. The molecule has 0 radical (unpaired) electrons. The van der Waals surface area contributed by atoms with Crippen molar-refractivity contribution >= 4 is 11.9 Å². The molecule has 0 spiro atoms. The van der Waals surface area contributed by atoms with Gasteiger partial charge in [0.15, 0.2) is 0 Å². The van der Waals surface area contributed by atoms with Crippen molar-refractivity contribution in [2.45, 2.75) is 18.9 Å². The molecule has 0 amide bonds. The van der Waals surface area contributed by atoms with E-state index >= 15 is 0 Å². The Bertz CT molecular complexity index is 942. The van der Waals surface area contributed by atoms with Crippen molar-refractivity contribution in [2.24, 2.45) is 5.10 Å². The first-order valence-electron chi connectivity index (χ1n) is 10.4. The van der Waals surface area contributed by atoms with Gasteiger partial charge in [0.1, 0.15) is 0 Å². The van der Waals surface area contributed by atoms with Crippen LogP contribution in [0.5, 0.6) is 0 Å². The molecule has 2 heteroatoms. The van der Waals surface area contributed by atoms with Gasteiger partial charge in [-0.1, -0.05) is 109 Å². The van der Waals surface area contributed by atoms with E-state index in [1.54, 1.807) is 0 Å². The number of hydrogen-bond acceptors (Lipinski definition) is 2. The first-order valence-corrected chi connectivity index (χ1v) is 10.4. The summed E-state index contributed by atoms with van der Waals surface area (Å²) in [4.78, 5) is 0. The first-order chi connectivity index (χ1) is 14.9. The lowest BCUT2D eigenvalue weighted by Crippen LogP contribution is -2.17. The van der Waals surface area contributed by atoms with Gasteiger partial charge in [0.05, 0.1) is 12.2 Å². The molecule has 4 aromatic carbocycles. The van der Waals surface area contributed by atoms with Crippen LogP contribution < -0.4 is 5.01 Å². The maximum atomic E-state index is 4.97. The minimum Gasteiger partial charge on any atom is -0.261 e. The lowest BCUT2D eigenvalue weighted by atomic mass is 9.93. The van der Waals surface area contributed by atoms with Crippen LogP contribution >= 0.6 is 0 Å². The number of hydrogen-bond donors (Lipinski definition) is 0. The second kappa shape index (κ2) is 10.2. The van der Waals surface area contributed by atoms with Gasteiger partial charge in [0.25, 0.3) is 0 Å². The molecular weight excluding hydrogens is 364 g/mol.